The highest BCUT2D eigenvalue weighted by Crippen LogP contribution is 2.45. The summed E-state index contributed by atoms with van der Waals surface area (Å²) in [5.74, 6) is -0.541. The summed E-state index contributed by atoms with van der Waals surface area (Å²) in [6, 6.07) is 2.01. The first-order valence-corrected chi connectivity index (χ1v) is 14.6. The Morgan fingerprint density at radius 2 is 1.71 bits per heavy atom. The molecular weight excluding hydrogens is 652 g/mol. The van der Waals surface area contributed by atoms with Gasteiger partial charge in [-0.2, -0.15) is 26.3 Å². The van der Waals surface area contributed by atoms with Crippen LogP contribution in [-0.2, 0) is 34.8 Å². The first-order valence-electron chi connectivity index (χ1n) is 14.6. The van der Waals surface area contributed by atoms with Crippen LogP contribution in [0.5, 0.6) is 5.75 Å². The van der Waals surface area contributed by atoms with Gasteiger partial charge >= 0.3 is 24.5 Å². The molecule has 0 bridgehead atoms. The largest absolute Gasteiger partial charge is 0.496 e. The molecule has 0 saturated carbocycles. The van der Waals surface area contributed by atoms with Gasteiger partial charge in [0.2, 0.25) is 0 Å². The van der Waals surface area contributed by atoms with Crippen molar-refractivity contribution in [2.45, 2.75) is 57.7 Å². The minimum absolute atomic E-state index is 0.00326. The number of alkyl halides is 6. The molecule has 0 fully saturated rings. The van der Waals surface area contributed by atoms with Crippen molar-refractivity contribution in [3.8, 4) is 5.75 Å². The number of ether oxygens (including phenoxy) is 3. The molecule has 48 heavy (non-hydrogen) atoms. The number of hydrogen-bond acceptors (Lipinski definition) is 7. The van der Waals surface area contributed by atoms with E-state index in [1.165, 1.54) is 30.5 Å². The van der Waals surface area contributed by atoms with Crippen molar-refractivity contribution < 1.29 is 54.9 Å². The second-order valence-corrected chi connectivity index (χ2v) is 10.9. The number of aromatic amines is 1. The van der Waals surface area contributed by atoms with Crippen LogP contribution in [0.2, 0.25) is 0 Å². The van der Waals surface area contributed by atoms with Gasteiger partial charge in [0.05, 0.1) is 55.6 Å². The van der Waals surface area contributed by atoms with Crippen molar-refractivity contribution >= 4 is 23.8 Å². The number of H-pyrrole nitrogens is 1. The Hall–Kier alpha value is -4.96. The zero-order chi connectivity index (χ0) is 35.4. The highest BCUT2D eigenvalue weighted by Gasteiger charge is 2.42. The van der Waals surface area contributed by atoms with Crippen LogP contribution in [0, 0.1) is 0 Å². The minimum atomic E-state index is -5.11. The highest BCUT2D eigenvalue weighted by molar-refractivity contribution is 6.00. The van der Waals surface area contributed by atoms with Crippen molar-refractivity contribution in [3.63, 3.8) is 0 Å². The van der Waals surface area contributed by atoms with E-state index >= 15 is 0 Å². The Kier molecular flexibility index (Phi) is 10.8. The number of methoxy groups -OCH3 is 2. The van der Waals surface area contributed by atoms with Gasteiger partial charge in [-0.1, -0.05) is 0 Å². The summed E-state index contributed by atoms with van der Waals surface area (Å²) in [5.41, 5.74) is -2.46. The predicted octanol–water partition coefficient (Wildman–Crippen LogP) is 6.49. The minimum Gasteiger partial charge on any atom is -0.496 e. The number of benzene rings is 2. The fraction of sp³-hybridized carbons (Fsp3) is 0.419. The van der Waals surface area contributed by atoms with Gasteiger partial charge in [0.1, 0.15) is 5.75 Å². The quantitative estimate of drug-likeness (QED) is 0.247. The maximum atomic E-state index is 13.6. The van der Waals surface area contributed by atoms with Gasteiger partial charge in [-0.05, 0) is 56.2 Å². The van der Waals surface area contributed by atoms with E-state index in [0.29, 0.717) is 18.6 Å². The summed E-state index contributed by atoms with van der Waals surface area (Å²) in [5, 5.41) is 2.76. The normalized spacial score (nSPS) is 16.2. The number of rotatable bonds is 9. The Labute approximate surface area is 271 Å². The molecular formula is C31H33F6N5O6. The Balaban J connectivity index is 1.82. The third kappa shape index (κ3) is 7.94. The number of hydrogen-bond donors (Lipinski definition) is 2. The van der Waals surface area contributed by atoms with Crippen molar-refractivity contribution in [2.75, 3.05) is 32.3 Å². The van der Waals surface area contributed by atoms with Crippen LogP contribution in [0.4, 0.5) is 41.6 Å². The van der Waals surface area contributed by atoms with E-state index in [4.69, 9.17) is 14.2 Å². The van der Waals surface area contributed by atoms with Crippen LogP contribution in [0.25, 0.3) is 0 Å². The topological polar surface area (TPSA) is 126 Å². The molecule has 260 valence electrons. The van der Waals surface area contributed by atoms with Gasteiger partial charge in [-0.25, -0.2) is 14.6 Å². The van der Waals surface area contributed by atoms with Gasteiger partial charge < -0.3 is 24.5 Å². The lowest BCUT2D eigenvalue weighted by molar-refractivity contribution is -0.143. The average Bonchev–Trinajstić information content (AvgIpc) is 3.55. The standard InChI is InChI=1S/C31H33F6N5O6/c1-5-48-29(45)42-17(2)8-24(22-13-26(46-3)23(12-25(22)42)27(43)39-7-6-21-14-38-16-40-21)41(28(44)47-4)15-18-9-19(30(32,33)34)11-20(10-18)31(35,36)37/h9-14,16-17,24H,5-8,15H2,1-4H3,(H,38,40)(H,39,43)/t17-,24+/m0/s1. The fourth-order valence-electron chi connectivity index (χ4n) is 5.52. The van der Waals surface area contributed by atoms with E-state index in [0.717, 1.165) is 17.7 Å². The smallest absolute Gasteiger partial charge is 0.416 e. The first-order chi connectivity index (χ1) is 22.6. The Morgan fingerprint density at radius 3 is 2.25 bits per heavy atom. The maximum absolute atomic E-state index is 13.6. The molecule has 17 heteroatoms. The number of aromatic nitrogens is 2. The second kappa shape index (κ2) is 14.4. The van der Waals surface area contributed by atoms with Crippen LogP contribution in [0.1, 0.15) is 64.6 Å². The SMILES string of the molecule is CCOC(=O)N1c2cc(C(=O)NCCc3cnc[nH]3)c(OC)cc2[C@H](N(Cc2cc(C(F)(F)F)cc(C(F)(F)F)c2)C(=O)OC)C[C@@H]1C. The highest BCUT2D eigenvalue weighted by atomic mass is 19.4. The summed E-state index contributed by atoms with van der Waals surface area (Å²) in [7, 11) is 2.30. The molecule has 3 amide bonds. The zero-order valence-electron chi connectivity index (χ0n) is 26.3. The molecule has 1 aliphatic rings. The van der Waals surface area contributed by atoms with E-state index in [1.54, 1.807) is 20.0 Å². The van der Waals surface area contributed by atoms with Crippen LogP contribution >= 0.6 is 0 Å². The summed E-state index contributed by atoms with van der Waals surface area (Å²) in [4.78, 5) is 48.8. The van der Waals surface area contributed by atoms with Gasteiger partial charge in [0.25, 0.3) is 5.91 Å². The predicted molar refractivity (Wildman–Crippen MR) is 158 cm³/mol. The van der Waals surface area contributed by atoms with E-state index in [2.05, 4.69) is 15.3 Å². The summed E-state index contributed by atoms with van der Waals surface area (Å²) >= 11 is 0. The van der Waals surface area contributed by atoms with Crippen molar-refractivity contribution in [3.05, 3.63) is 76.4 Å². The first kappa shape index (κ1) is 35.9. The van der Waals surface area contributed by atoms with Crippen LogP contribution in [0.3, 0.4) is 0 Å². The number of fused-ring (bicyclic) bond motifs is 1. The number of carbonyl (C=O) groups excluding carboxylic acids is 3. The summed E-state index contributed by atoms with van der Waals surface area (Å²) in [6.45, 7) is 2.68. The van der Waals surface area contributed by atoms with Gasteiger partial charge in [0, 0.05) is 43.0 Å². The molecule has 2 heterocycles. The third-order valence-corrected chi connectivity index (χ3v) is 7.70. The Bertz CT molecular complexity index is 1600. The number of halogens is 6. The zero-order valence-corrected chi connectivity index (χ0v) is 26.3. The van der Waals surface area contributed by atoms with Crippen molar-refractivity contribution in [2.24, 2.45) is 0 Å². The molecule has 3 aromatic rings. The number of amides is 3. The van der Waals surface area contributed by atoms with Crippen LogP contribution in [-0.4, -0.2) is 66.4 Å². The number of carbonyl (C=O) groups is 3. The summed E-state index contributed by atoms with van der Waals surface area (Å²) < 4.78 is 97.5. The van der Waals surface area contributed by atoms with E-state index in [9.17, 15) is 40.7 Å². The van der Waals surface area contributed by atoms with Crippen LogP contribution < -0.4 is 15.0 Å². The maximum Gasteiger partial charge on any atom is 0.416 e. The average molecular weight is 686 g/mol. The molecule has 0 aliphatic carbocycles. The molecule has 0 radical (unpaired) electrons. The Morgan fingerprint density at radius 1 is 1.04 bits per heavy atom. The number of imidazole rings is 1. The van der Waals surface area contributed by atoms with Crippen LogP contribution in [0.15, 0.2) is 42.9 Å². The van der Waals surface area contributed by atoms with Gasteiger partial charge in [-0.15, -0.1) is 0 Å². The van der Waals surface area contributed by atoms with E-state index in [1.807, 2.05) is 0 Å². The molecule has 1 aliphatic heterocycles. The molecule has 0 spiro atoms. The number of anilines is 1. The van der Waals surface area contributed by atoms with Crippen molar-refractivity contribution in [1.29, 1.82) is 0 Å². The molecule has 0 unspecified atom stereocenters. The molecule has 11 nitrogen and oxygen atoms in total. The lowest BCUT2D eigenvalue weighted by Gasteiger charge is -2.42. The molecule has 2 N–H and O–H groups in total. The second-order valence-electron chi connectivity index (χ2n) is 10.9. The molecule has 2 aromatic carbocycles. The van der Waals surface area contributed by atoms with E-state index < -0.39 is 65.8 Å². The lowest BCUT2D eigenvalue weighted by Crippen LogP contribution is -2.48. The molecule has 0 saturated heterocycles. The molecule has 1 aromatic heterocycles. The molecule has 2 atom stereocenters. The van der Waals surface area contributed by atoms with E-state index in [-0.39, 0.29) is 48.2 Å². The fourth-order valence-corrected chi connectivity index (χ4v) is 5.52. The van der Waals surface area contributed by atoms with Gasteiger partial charge in [0.15, 0.2) is 0 Å². The lowest BCUT2D eigenvalue weighted by atomic mass is 9.89. The van der Waals surface area contributed by atoms with Gasteiger partial charge in [-0.3, -0.25) is 14.6 Å². The van der Waals surface area contributed by atoms with Crippen molar-refractivity contribution in [1.82, 2.24) is 20.2 Å². The number of nitrogens with one attached hydrogen (secondary N) is 2. The third-order valence-electron chi connectivity index (χ3n) is 7.70. The molecule has 4 rings (SSSR count). The monoisotopic (exact) mass is 685 g/mol. The number of nitrogens with zero attached hydrogens (tertiary/aromatic N) is 3. The summed E-state index contributed by atoms with van der Waals surface area (Å²) in [6.07, 6.45) is -8.59.